The van der Waals surface area contributed by atoms with E-state index in [2.05, 4.69) is 33.2 Å². The van der Waals surface area contributed by atoms with Crippen LogP contribution in [0.2, 0.25) is 0 Å². The van der Waals surface area contributed by atoms with Crippen molar-refractivity contribution in [3.63, 3.8) is 0 Å². The monoisotopic (exact) mass is 213 g/mol. The third kappa shape index (κ3) is 4.52. The fourth-order valence-electron chi connectivity index (χ4n) is 2.43. The number of hydrogen-bond acceptors (Lipinski definition) is 2. The fraction of sp³-hybridized carbons (Fsp3) is 1.00. The van der Waals surface area contributed by atoms with Crippen LogP contribution in [0.1, 0.15) is 53.4 Å². The van der Waals surface area contributed by atoms with Crippen LogP contribution >= 0.6 is 0 Å². The lowest BCUT2D eigenvalue weighted by atomic mass is 9.78. The molecule has 90 valence electrons. The van der Waals surface area contributed by atoms with Crippen LogP contribution in [0.5, 0.6) is 0 Å². The quantitative estimate of drug-likeness (QED) is 0.707. The summed E-state index contributed by atoms with van der Waals surface area (Å²) in [5.74, 6) is 2.18. The van der Waals surface area contributed by atoms with E-state index in [4.69, 9.17) is 4.84 Å². The van der Waals surface area contributed by atoms with Gasteiger partial charge in [0.15, 0.2) is 0 Å². The average Bonchev–Trinajstić information content (AvgIpc) is 2.17. The van der Waals surface area contributed by atoms with E-state index >= 15 is 0 Å². The smallest absolute Gasteiger partial charge is 0.0705 e. The van der Waals surface area contributed by atoms with Gasteiger partial charge in [0.25, 0.3) is 0 Å². The van der Waals surface area contributed by atoms with Crippen LogP contribution in [0.3, 0.4) is 0 Å². The molecule has 0 aromatic carbocycles. The molecule has 1 aliphatic rings. The zero-order chi connectivity index (χ0) is 11.3. The Morgan fingerprint density at radius 1 is 1.13 bits per heavy atom. The first-order chi connectivity index (χ1) is 7.11. The number of hydroxylamine groups is 1. The predicted molar refractivity (Wildman–Crippen MR) is 64.5 cm³/mol. The molecule has 0 bridgehead atoms. The third-order valence-electron chi connectivity index (χ3n) is 3.33. The van der Waals surface area contributed by atoms with Gasteiger partial charge in [-0.05, 0) is 30.6 Å². The van der Waals surface area contributed by atoms with Gasteiger partial charge in [-0.15, -0.1) is 0 Å². The van der Waals surface area contributed by atoms with Gasteiger partial charge in [-0.1, -0.05) is 40.5 Å². The van der Waals surface area contributed by atoms with Gasteiger partial charge in [0.05, 0.1) is 6.61 Å². The van der Waals surface area contributed by atoms with Crippen molar-refractivity contribution >= 4 is 0 Å². The topological polar surface area (TPSA) is 21.3 Å². The van der Waals surface area contributed by atoms with E-state index in [0.29, 0.717) is 12.0 Å². The molecule has 0 aromatic rings. The van der Waals surface area contributed by atoms with Crippen molar-refractivity contribution in [2.24, 2.45) is 17.8 Å². The molecule has 0 amide bonds. The molecule has 0 aliphatic heterocycles. The molecule has 0 heterocycles. The molecule has 1 saturated carbocycles. The van der Waals surface area contributed by atoms with Crippen LogP contribution in [0.15, 0.2) is 0 Å². The zero-order valence-electron chi connectivity index (χ0n) is 10.8. The van der Waals surface area contributed by atoms with Crippen LogP contribution < -0.4 is 5.48 Å². The molecule has 0 saturated heterocycles. The van der Waals surface area contributed by atoms with Gasteiger partial charge in [0, 0.05) is 6.04 Å². The van der Waals surface area contributed by atoms with E-state index in [9.17, 15) is 0 Å². The highest BCUT2D eigenvalue weighted by Crippen LogP contribution is 2.30. The molecule has 0 radical (unpaired) electrons. The first-order valence-corrected chi connectivity index (χ1v) is 6.48. The number of nitrogens with one attached hydrogen (secondary N) is 1. The van der Waals surface area contributed by atoms with Crippen LogP contribution in [0, 0.1) is 17.8 Å². The summed E-state index contributed by atoms with van der Waals surface area (Å²) in [6.45, 7) is 9.84. The van der Waals surface area contributed by atoms with E-state index in [-0.39, 0.29) is 0 Å². The molecule has 2 atom stereocenters. The molecule has 1 aliphatic carbocycles. The average molecular weight is 213 g/mol. The van der Waals surface area contributed by atoms with Crippen LogP contribution in [0.4, 0.5) is 0 Å². The molecule has 2 nitrogen and oxygen atoms in total. The molecule has 1 rings (SSSR count). The summed E-state index contributed by atoms with van der Waals surface area (Å²) in [4.78, 5) is 5.56. The van der Waals surface area contributed by atoms with Gasteiger partial charge in [-0.25, -0.2) is 0 Å². The van der Waals surface area contributed by atoms with E-state index < -0.39 is 0 Å². The molecule has 1 fully saturated rings. The maximum absolute atomic E-state index is 5.56. The van der Waals surface area contributed by atoms with Gasteiger partial charge in [0.2, 0.25) is 0 Å². The van der Waals surface area contributed by atoms with E-state index in [1.807, 2.05) is 0 Å². The largest absolute Gasteiger partial charge is 0.301 e. The van der Waals surface area contributed by atoms with Crippen molar-refractivity contribution in [1.82, 2.24) is 5.48 Å². The van der Waals surface area contributed by atoms with Crippen molar-refractivity contribution in [2.75, 3.05) is 6.61 Å². The van der Waals surface area contributed by atoms with Crippen molar-refractivity contribution in [3.05, 3.63) is 0 Å². The SMILES string of the molecule is CC(C)CONC1CCCCC1C(C)C. The van der Waals surface area contributed by atoms with Gasteiger partial charge in [0.1, 0.15) is 0 Å². The lowest BCUT2D eigenvalue weighted by molar-refractivity contribution is -0.0277. The first kappa shape index (κ1) is 13.0. The summed E-state index contributed by atoms with van der Waals surface area (Å²) in [6.07, 6.45) is 5.39. The molecule has 2 unspecified atom stereocenters. The van der Waals surface area contributed by atoms with E-state index in [1.165, 1.54) is 25.7 Å². The number of hydrogen-bond donors (Lipinski definition) is 1. The van der Waals surface area contributed by atoms with Crippen LogP contribution in [-0.4, -0.2) is 12.6 Å². The van der Waals surface area contributed by atoms with Crippen molar-refractivity contribution in [1.29, 1.82) is 0 Å². The van der Waals surface area contributed by atoms with Crippen LogP contribution in [-0.2, 0) is 4.84 Å². The Morgan fingerprint density at radius 2 is 1.80 bits per heavy atom. The minimum absolute atomic E-state index is 0.581. The second-order valence-electron chi connectivity index (χ2n) is 5.62. The van der Waals surface area contributed by atoms with E-state index in [0.717, 1.165) is 18.4 Å². The van der Waals surface area contributed by atoms with Crippen molar-refractivity contribution < 1.29 is 4.84 Å². The molecular weight excluding hydrogens is 186 g/mol. The van der Waals surface area contributed by atoms with Crippen molar-refractivity contribution in [2.45, 2.75) is 59.4 Å². The maximum Gasteiger partial charge on any atom is 0.0705 e. The molecule has 0 aromatic heterocycles. The zero-order valence-corrected chi connectivity index (χ0v) is 10.8. The lowest BCUT2D eigenvalue weighted by Crippen LogP contribution is -2.41. The highest BCUT2D eigenvalue weighted by molar-refractivity contribution is 4.80. The lowest BCUT2D eigenvalue weighted by Gasteiger charge is -2.34. The Balaban J connectivity index is 2.29. The van der Waals surface area contributed by atoms with Gasteiger partial charge >= 0.3 is 0 Å². The highest BCUT2D eigenvalue weighted by Gasteiger charge is 2.27. The van der Waals surface area contributed by atoms with Gasteiger partial charge in [-0.3, -0.25) is 0 Å². The first-order valence-electron chi connectivity index (χ1n) is 6.48. The fourth-order valence-corrected chi connectivity index (χ4v) is 2.43. The minimum Gasteiger partial charge on any atom is -0.301 e. The Morgan fingerprint density at radius 3 is 2.40 bits per heavy atom. The molecule has 2 heteroatoms. The second kappa shape index (κ2) is 6.49. The molecule has 15 heavy (non-hydrogen) atoms. The highest BCUT2D eigenvalue weighted by atomic mass is 16.6. The second-order valence-corrected chi connectivity index (χ2v) is 5.62. The number of rotatable bonds is 5. The predicted octanol–water partition coefficient (Wildman–Crippen LogP) is 3.38. The van der Waals surface area contributed by atoms with Gasteiger partial charge < -0.3 is 4.84 Å². The summed E-state index contributed by atoms with van der Waals surface area (Å²) in [6, 6.07) is 0.581. The summed E-state index contributed by atoms with van der Waals surface area (Å²) >= 11 is 0. The Labute approximate surface area is 94.7 Å². The maximum atomic E-state index is 5.56. The summed E-state index contributed by atoms with van der Waals surface area (Å²) in [5.41, 5.74) is 3.28. The summed E-state index contributed by atoms with van der Waals surface area (Å²) < 4.78 is 0. The Kier molecular flexibility index (Phi) is 5.62. The van der Waals surface area contributed by atoms with E-state index in [1.54, 1.807) is 0 Å². The summed E-state index contributed by atoms with van der Waals surface area (Å²) in [7, 11) is 0. The normalized spacial score (nSPS) is 27.6. The summed E-state index contributed by atoms with van der Waals surface area (Å²) in [5, 5.41) is 0. The minimum atomic E-state index is 0.581. The Hall–Kier alpha value is -0.0800. The molecule has 0 spiro atoms. The third-order valence-corrected chi connectivity index (χ3v) is 3.33. The Bertz CT molecular complexity index is 168. The standard InChI is InChI=1S/C13H27NO/c1-10(2)9-15-14-13-8-6-5-7-12(13)11(3)4/h10-14H,5-9H2,1-4H3. The van der Waals surface area contributed by atoms with Crippen molar-refractivity contribution in [3.8, 4) is 0 Å². The molecular formula is C13H27NO. The molecule has 1 N–H and O–H groups in total. The van der Waals surface area contributed by atoms with Crippen LogP contribution in [0.25, 0.3) is 0 Å². The van der Waals surface area contributed by atoms with Gasteiger partial charge in [-0.2, -0.15) is 5.48 Å².